The molecule has 0 unspecified atom stereocenters. The van der Waals surface area contributed by atoms with Gasteiger partial charge in [-0.1, -0.05) is 36.7 Å². The van der Waals surface area contributed by atoms with E-state index in [1.807, 2.05) is 13.8 Å². The largest absolute Gasteiger partial charge is 0.350 e. The molecule has 128 valence electrons. The SMILES string of the molecule is CC[C@H](C)NC(=O)c1ccccc1NS(=O)(=O)c1cccc(Cl)c1. The topological polar surface area (TPSA) is 75.3 Å². The predicted molar refractivity (Wildman–Crippen MR) is 95.9 cm³/mol. The summed E-state index contributed by atoms with van der Waals surface area (Å²) in [5.41, 5.74) is 0.488. The first-order chi connectivity index (χ1) is 11.3. The molecular weight excluding hydrogens is 348 g/mol. The molecule has 0 bridgehead atoms. The van der Waals surface area contributed by atoms with E-state index in [9.17, 15) is 13.2 Å². The van der Waals surface area contributed by atoms with Crippen LogP contribution in [-0.4, -0.2) is 20.4 Å². The first-order valence-corrected chi connectivity index (χ1v) is 9.38. The molecule has 0 radical (unpaired) electrons. The summed E-state index contributed by atoms with van der Waals surface area (Å²) in [6.07, 6.45) is 0.780. The monoisotopic (exact) mass is 366 g/mol. The molecule has 0 aromatic heterocycles. The Labute approximate surface area is 147 Å². The summed E-state index contributed by atoms with van der Waals surface area (Å²) in [6, 6.07) is 12.4. The van der Waals surface area contributed by atoms with E-state index in [1.54, 1.807) is 36.4 Å². The molecule has 0 aliphatic heterocycles. The number of hydrogen-bond acceptors (Lipinski definition) is 3. The average molecular weight is 367 g/mol. The Kier molecular flexibility index (Phi) is 5.85. The number of amides is 1. The molecule has 2 aromatic carbocycles. The van der Waals surface area contributed by atoms with Crippen LogP contribution in [0, 0.1) is 0 Å². The number of rotatable bonds is 6. The number of nitrogens with one attached hydrogen (secondary N) is 2. The fourth-order valence-electron chi connectivity index (χ4n) is 2.01. The van der Waals surface area contributed by atoms with Crippen LogP contribution in [0.5, 0.6) is 0 Å². The van der Waals surface area contributed by atoms with Gasteiger partial charge in [0.2, 0.25) is 0 Å². The molecule has 5 nitrogen and oxygen atoms in total. The molecule has 0 spiro atoms. The predicted octanol–water partition coefficient (Wildman–Crippen LogP) is 3.67. The minimum Gasteiger partial charge on any atom is -0.350 e. The maximum absolute atomic E-state index is 12.5. The second-order valence-electron chi connectivity index (χ2n) is 5.39. The molecule has 0 fully saturated rings. The summed E-state index contributed by atoms with van der Waals surface area (Å²) < 4.78 is 27.5. The lowest BCUT2D eigenvalue weighted by molar-refractivity contribution is 0.0940. The van der Waals surface area contributed by atoms with Gasteiger partial charge in [0.25, 0.3) is 15.9 Å². The zero-order chi connectivity index (χ0) is 17.7. The van der Waals surface area contributed by atoms with Gasteiger partial charge < -0.3 is 5.32 Å². The highest BCUT2D eigenvalue weighted by Crippen LogP contribution is 2.22. The van der Waals surface area contributed by atoms with E-state index in [1.165, 1.54) is 12.1 Å². The third kappa shape index (κ3) is 4.49. The van der Waals surface area contributed by atoms with E-state index in [4.69, 9.17) is 11.6 Å². The first-order valence-electron chi connectivity index (χ1n) is 7.51. The Morgan fingerprint density at radius 3 is 2.54 bits per heavy atom. The molecule has 0 saturated carbocycles. The van der Waals surface area contributed by atoms with Crippen LogP contribution in [0.4, 0.5) is 5.69 Å². The highest BCUT2D eigenvalue weighted by atomic mass is 35.5. The summed E-state index contributed by atoms with van der Waals surface area (Å²) in [6.45, 7) is 3.84. The molecule has 7 heteroatoms. The molecule has 0 aliphatic carbocycles. The summed E-state index contributed by atoms with van der Waals surface area (Å²) in [4.78, 5) is 12.4. The van der Waals surface area contributed by atoms with Gasteiger partial charge in [-0.2, -0.15) is 0 Å². The number of benzene rings is 2. The quantitative estimate of drug-likeness (QED) is 0.819. The van der Waals surface area contributed by atoms with Gasteiger partial charge in [-0.3, -0.25) is 9.52 Å². The second kappa shape index (κ2) is 7.68. The lowest BCUT2D eigenvalue weighted by Gasteiger charge is -2.15. The number of halogens is 1. The average Bonchev–Trinajstić information content (AvgIpc) is 2.54. The Morgan fingerprint density at radius 1 is 1.17 bits per heavy atom. The van der Waals surface area contributed by atoms with Crippen LogP contribution < -0.4 is 10.0 Å². The molecule has 1 amide bonds. The van der Waals surface area contributed by atoms with Crippen LogP contribution in [0.3, 0.4) is 0 Å². The fraction of sp³-hybridized carbons (Fsp3) is 0.235. The lowest BCUT2D eigenvalue weighted by Crippen LogP contribution is -2.32. The number of para-hydroxylation sites is 1. The van der Waals surface area contributed by atoms with Crippen molar-refractivity contribution in [2.75, 3.05) is 4.72 Å². The molecule has 2 rings (SSSR count). The third-order valence-corrected chi connectivity index (χ3v) is 5.11. The molecular formula is C17H19ClN2O3S. The van der Waals surface area contributed by atoms with Crippen molar-refractivity contribution < 1.29 is 13.2 Å². The van der Waals surface area contributed by atoms with Gasteiger partial charge in [0.15, 0.2) is 0 Å². The van der Waals surface area contributed by atoms with E-state index in [2.05, 4.69) is 10.0 Å². The van der Waals surface area contributed by atoms with E-state index < -0.39 is 10.0 Å². The number of sulfonamides is 1. The highest BCUT2D eigenvalue weighted by Gasteiger charge is 2.19. The summed E-state index contributed by atoms with van der Waals surface area (Å²) in [5.74, 6) is -0.325. The van der Waals surface area contributed by atoms with Crippen molar-refractivity contribution >= 4 is 33.2 Å². The highest BCUT2D eigenvalue weighted by molar-refractivity contribution is 7.92. The van der Waals surface area contributed by atoms with Crippen LogP contribution in [0.15, 0.2) is 53.4 Å². The van der Waals surface area contributed by atoms with Crippen molar-refractivity contribution in [3.63, 3.8) is 0 Å². The normalized spacial score (nSPS) is 12.5. The Hall–Kier alpha value is -2.05. The van der Waals surface area contributed by atoms with Gasteiger partial charge in [-0.15, -0.1) is 0 Å². The Balaban J connectivity index is 2.32. The first kappa shape index (κ1) is 18.3. The van der Waals surface area contributed by atoms with Gasteiger partial charge in [-0.05, 0) is 43.7 Å². The van der Waals surface area contributed by atoms with Crippen molar-refractivity contribution in [3.05, 3.63) is 59.1 Å². The maximum Gasteiger partial charge on any atom is 0.261 e. The minimum absolute atomic E-state index is 0.00454. The Morgan fingerprint density at radius 2 is 1.88 bits per heavy atom. The van der Waals surface area contributed by atoms with Crippen molar-refractivity contribution in [1.29, 1.82) is 0 Å². The zero-order valence-corrected chi connectivity index (χ0v) is 15.0. The summed E-state index contributed by atoms with van der Waals surface area (Å²) in [5, 5.41) is 3.15. The standard InChI is InChI=1S/C17H19ClN2O3S/c1-3-12(2)19-17(21)15-9-4-5-10-16(15)20-24(22,23)14-8-6-7-13(18)11-14/h4-12,20H,3H2,1-2H3,(H,19,21)/t12-/m0/s1. The van der Waals surface area contributed by atoms with E-state index in [0.29, 0.717) is 5.02 Å². The number of carbonyl (C=O) groups is 1. The van der Waals surface area contributed by atoms with Gasteiger partial charge in [-0.25, -0.2) is 8.42 Å². The molecule has 0 aliphatic rings. The van der Waals surface area contributed by atoms with E-state index in [-0.39, 0.29) is 28.1 Å². The molecule has 1 atom stereocenters. The van der Waals surface area contributed by atoms with Crippen molar-refractivity contribution in [2.45, 2.75) is 31.2 Å². The smallest absolute Gasteiger partial charge is 0.261 e. The van der Waals surface area contributed by atoms with Crippen LogP contribution in [0.1, 0.15) is 30.6 Å². The van der Waals surface area contributed by atoms with Crippen LogP contribution >= 0.6 is 11.6 Å². The van der Waals surface area contributed by atoms with Crippen molar-refractivity contribution in [2.24, 2.45) is 0 Å². The lowest BCUT2D eigenvalue weighted by atomic mass is 10.1. The van der Waals surface area contributed by atoms with Crippen LogP contribution in [0.25, 0.3) is 0 Å². The molecule has 2 aromatic rings. The summed E-state index contributed by atoms with van der Waals surface area (Å²) >= 11 is 5.85. The van der Waals surface area contributed by atoms with Crippen molar-refractivity contribution in [3.8, 4) is 0 Å². The molecule has 0 saturated heterocycles. The molecule has 0 heterocycles. The van der Waals surface area contributed by atoms with Crippen molar-refractivity contribution in [1.82, 2.24) is 5.32 Å². The van der Waals surface area contributed by atoms with Gasteiger partial charge in [0, 0.05) is 11.1 Å². The van der Waals surface area contributed by atoms with Crippen LogP contribution in [0.2, 0.25) is 5.02 Å². The number of carbonyl (C=O) groups excluding carboxylic acids is 1. The second-order valence-corrected chi connectivity index (χ2v) is 7.51. The molecule has 24 heavy (non-hydrogen) atoms. The molecule has 2 N–H and O–H groups in total. The van der Waals surface area contributed by atoms with Gasteiger partial charge in [0.05, 0.1) is 16.1 Å². The van der Waals surface area contributed by atoms with Gasteiger partial charge >= 0.3 is 0 Å². The summed E-state index contributed by atoms with van der Waals surface area (Å²) in [7, 11) is -3.84. The minimum atomic E-state index is -3.84. The third-order valence-electron chi connectivity index (χ3n) is 3.51. The zero-order valence-electron chi connectivity index (χ0n) is 13.4. The maximum atomic E-state index is 12.5. The Bertz CT molecular complexity index is 837. The van der Waals surface area contributed by atoms with Crippen LogP contribution in [-0.2, 0) is 10.0 Å². The fourth-order valence-corrected chi connectivity index (χ4v) is 3.39. The van der Waals surface area contributed by atoms with E-state index >= 15 is 0 Å². The van der Waals surface area contributed by atoms with Gasteiger partial charge in [0.1, 0.15) is 0 Å². The van der Waals surface area contributed by atoms with E-state index in [0.717, 1.165) is 6.42 Å². The number of anilines is 1. The number of hydrogen-bond donors (Lipinski definition) is 2.